The van der Waals surface area contributed by atoms with E-state index in [-0.39, 0.29) is 5.41 Å². The topological polar surface area (TPSA) is 24.4 Å². The number of nitrogens with zero attached hydrogens (tertiary/aromatic N) is 1. The standard InChI is InChI=1S/C15H22N2S2/c1-14(2,12-6-5-9-18-12)10-16-13-17-15(11-19-13)7-3-4-8-15/h5-6,9H,3-4,7-8,10-11H2,1-2H3,(H,16,17). The van der Waals surface area contributed by atoms with E-state index in [2.05, 4.69) is 36.7 Å². The molecule has 0 aromatic carbocycles. The zero-order chi connectivity index (χ0) is 13.3. The highest BCUT2D eigenvalue weighted by atomic mass is 32.2. The van der Waals surface area contributed by atoms with Gasteiger partial charge in [0.25, 0.3) is 0 Å². The van der Waals surface area contributed by atoms with E-state index in [9.17, 15) is 0 Å². The van der Waals surface area contributed by atoms with Gasteiger partial charge in [0.05, 0.1) is 6.54 Å². The summed E-state index contributed by atoms with van der Waals surface area (Å²) < 4.78 is 0. The van der Waals surface area contributed by atoms with E-state index in [0.717, 1.165) is 6.54 Å². The Morgan fingerprint density at radius 2 is 2.16 bits per heavy atom. The van der Waals surface area contributed by atoms with Crippen LogP contribution in [0.5, 0.6) is 0 Å². The minimum atomic E-state index is 0.148. The quantitative estimate of drug-likeness (QED) is 0.910. The number of nitrogens with one attached hydrogen (secondary N) is 1. The largest absolute Gasteiger partial charge is 0.359 e. The van der Waals surface area contributed by atoms with E-state index >= 15 is 0 Å². The molecule has 0 atom stereocenters. The van der Waals surface area contributed by atoms with Crippen molar-refractivity contribution in [2.24, 2.45) is 4.99 Å². The van der Waals surface area contributed by atoms with Crippen LogP contribution in [0.15, 0.2) is 22.5 Å². The highest BCUT2D eigenvalue weighted by Gasteiger charge is 2.39. The SMILES string of the molecule is CC(C)(CN=C1NC2(CCCC2)CS1)c1cccs1. The molecule has 1 aliphatic carbocycles. The molecule has 0 amide bonds. The monoisotopic (exact) mass is 294 g/mol. The third-order valence-corrected chi connectivity index (χ3v) is 6.66. The van der Waals surface area contributed by atoms with Crippen LogP contribution in [0.2, 0.25) is 0 Å². The summed E-state index contributed by atoms with van der Waals surface area (Å²) in [5.41, 5.74) is 0.533. The molecule has 104 valence electrons. The number of aliphatic imine (C=N–C) groups is 1. The van der Waals surface area contributed by atoms with E-state index in [4.69, 9.17) is 4.99 Å². The van der Waals surface area contributed by atoms with Crippen molar-refractivity contribution < 1.29 is 0 Å². The van der Waals surface area contributed by atoms with Gasteiger partial charge in [0.2, 0.25) is 0 Å². The second-order valence-electron chi connectivity index (χ2n) is 6.38. The van der Waals surface area contributed by atoms with Gasteiger partial charge in [-0.25, -0.2) is 0 Å². The molecule has 19 heavy (non-hydrogen) atoms. The van der Waals surface area contributed by atoms with Crippen LogP contribution in [-0.2, 0) is 5.41 Å². The fourth-order valence-corrected chi connectivity index (χ4v) is 4.99. The predicted molar refractivity (Wildman–Crippen MR) is 86.4 cm³/mol. The molecule has 2 fully saturated rings. The van der Waals surface area contributed by atoms with Crippen molar-refractivity contribution in [3.63, 3.8) is 0 Å². The van der Waals surface area contributed by atoms with Crippen LogP contribution in [0.1, 0.15) is 44.4 Å². The molecule has 0 bridgehead atoms. The summed E-state index contributed by atoms with van der Waals surface area (Å²) in [5, 5.41) is 7.03. The van der Waals surface area contributed by atoms with Gasteiger partial charge in [0.15, 0.2) is 5.17 Å². The normalized spacial score (nSPS) is 24.2. The van der Waals surface area contributed by atoms with Gasteiger partial charge in [0, 0.05) is 21.6 Å². The predicted octanol–water partition coefficient (Wildman–Crippen LogP) is 4.03. The molecule has 2 nitrogen and oxygen atoms in total. The third kappa shape index (κ3) is 2.84. The van der Waals surface area contributed by atoms with Crippen molar-refractivity contribution in [3.05, 3.63) is 22.4 Å². The second-order valence-corrected chi connectivity index (χ2v) is 8.30. The minimum absolute atomic E-state index is 0.148. The van der Waals surface area contributed by atoms with Crippen molar-refractivity contribution >= 4 is 28.3 Å². The average Bonchev–Trinajstić information content (AvgIpc) is 3.10. The molecule has 1 spiro atoms. The van der Waals surface area contributed by atoms with Crippen LogP contribution < -0.4 is 5.32 Å². The minimum Gasteiger partial charge on any atom is -0.359 e. The van der Waals surface area contributed by atoms with E-state index in [1.54, 1.807) is 0 Å². The Labute approximate surface area is 124 Å². The summed E-state index contributed by atoms with van der Waals surface area (Å²) in [6.07, 6.45) is 5.41. The highest BCUT2D eigenvalue weighted by Crippen LogP contribution is 2.37. The van der Waals surface area contributed by atoms with Crippen molar-refractivity contribution in [1.29, 1.82) is 0 Å². The Morgan fingerprint density at radius 3 is 2.84 bits per heavy atom. The van der Waals surface area contributed by atoms with Crippen molar-refractivity contribution in [2.75, 3.05) is 12.3 Å². The van der Waals surface area contributed by atoms with Gasteiger partial charge in [-0.2, -0.15) is 0 Å². The molecule has 2 aliphatic rings. The van der Waals surface area contributed by atoms with Crippen molar-refractivity contribution in [2.45, 2.75) is 50.5 Å². The van der Waals surface area contributed by atoms with Gasteiger partial charge >= 0.3 is 0 Å². The molecule has 2 heterocycles. The maximum absolute atomic E-state index is 4.84. The van der Waals surface area contributed by atoms with Crippen LogP contribution in [0, 0.1) is 0 Å². The molecule has 0 radical (unpaired) electrons. The van der Waals surface area contributed by atoms with Crippen LogP contribution in [0.4, 0.5) is 0 Å². The third-order valence-electron chi connectivity index (χ3n) is 4.22. The van der Waals surface area contributed by atoms with E-state index in [0.29, 0.717) is 5.54 Å². The van der Waals surface area contributed by atoms with Crippen molar-refractivity contribution in [1.82, 2.24) is 5.32 Å². The molecular weight excluding hydrogens is 272 g/mol. The number of amidine groups is 1. The van der Waals surface area contributed by atoms with Gasteiger partial charge < -0.3 is 5.32 Å². The number of thioether (sulfide) groups is 1. The first-order valence-electron chi connectivity index (χ1n) is 7.09. The Hall–Kier alpha value is -0.480. The highest BCUT2D eigenvalue weighted by molar-refractivity contribution is 8.14. The van der Waals surface area contributed by atoms with Crippen LogP contribution in [0.25, 0.3) is 0 Å². The molecule has 0 unspecified atom stereocenters. The number of thiophene rings is 1. The molecule has 4 heteroatoms. The Balaban J connectivity index is 1.64. The van der Waals surface area contributed by atoms with Crippen LogP contribution in [0.3, 0.4) is 0 Å². The first-order chi connectivity index (χ1) is 9.10. The maximum Gasteiger partial charge on any atom is 0.157 e. The Morgan fingerprint density at radius 1 is 1.37 bits per heavy atom. The molecule has 1 saturated heterocycles. The van der Waals surface area contributed by atoms with Crippen molar-refractivity contribution in [3.8, 4) is 0 Å². The lowest BCUT2D eigenvalue weighted by Crippen LogP contribution is -2.41. The van der Waals surface area contributed by atoms with Gasteiger partial charge in [-0.05, 0) is 24.3 Å². The fourth-order valence-electron chi connectivity index (χ4n) is 2.92. The fraction of sp³-hybridized carbons (Fsp3) is 0.667. The summed E-state index contributed by atoms with van der Waals surface area (Å²) in [4.78, 5) is 6.27. The maximum atomic E-state index is 4.84. The second kappa shape index (κ2) is 5.13. The lowest BCUT2D eigenvalue weighted by Gasteiger charge is -2.23. The lowest BCUT2D eigenvalue weighted by molar-refractivity contribution is 0.451. The molecule has 1 aromatic heterocycles. The number of hydrogen-bond acceptors (Lipinski definition) is 3. The summed E-state index contributed by atoms with van der Waals surface area (Å²) in [5.74, 6) is 1.21. The van der Waals surface area contributed by atoms with Gasteiger partial charge in [-0.1, -0.05) is 44.5 Å². The number of hydrogen-bond donors (Lipinski definition) is 1. The summed E-state index contributed by atoms with van der Waals surface area (Å²) >= 11 is 3.75. The van der Waals surface area contributed by atoms with E-state index in [1.807, 2.05) is 23.1 Å². The Kier molecular flexibility index (Phi) is 3.65. The molecule has 3 rings (SSSR count). The lowest BCUT2D eigenvalue weighted by atomic mass is 9.92. The van der Waals surface area contributed by atoms with Gasteiger partial charge in [0.1, 0.15) is 0 Å². The Bertz CT molecular complexity index is 456. The first kappa shape index (κ1) is 13.5. The molecule has 1 aromatic rings. The van der Waals surface area contributed by atoms with Crippen LogP contribution >= 0.6 is 23.1 Å². The zero-order valence-electron chi connectivity index (χ0n) is 11.7. The molecular formula is C15H22N2S2. The number of rotatable bonds is 3. The first-order valence-corrected chi connectivity index (χ1v) is 8.96. The summed E-state index contributed by atoms with van der Waals surface area (Å²) in [6, 6.07) is 4.35. The average molecular weight is 294 g/mol. The van der Waals surface area contributed by atoms with Gasteiger partial charge in [-0.15, -0.1) is 11.3 Å². The molecule has 1 saturated carbocycles. The zero-order valence-corrected chi connectivity index (χ0v) is 13.4. The van der Waals surface area contributed by atoms with E-state index < -0.39 is 0 Å². The summed E-state index contributed by atoms with van der Waals surface area (Å²) in [7, 11) is 0. The smallest absolute Gasteiger partial charge is 0.157 e. The van der Waals surface area contributed by atoms with Crippen LogP contribution in [-0.4, -0.2) is 23.0 Å². The molecule has 1 aliphatic heterocycles. The van der Waals surface area contributed by atoms with E-state index in [1.165, 1.54) is 41.5 Å². The molecule has 1 N–H and O–H groups in total. The summed E-state index contributed by atoms with van der Waals surface area (Å²) in [6.45, 7) is 5.45. The van der Waals surface area contributed by atoms with Gasteiger partial charge in [-0.3, -0.25) is 4.99 Å².